The van der Waals surface area contributed by atoms with Crippen LogP contribution in [-0.4, -0.2) is 49.5 Å². The Morgan fingerprint density at radius 1 is 1.23 bits per heavy atom. The Labute approximate surface area is 80.0 Å². The lowest BCUT2D eigenvalue weighted by Gasteiger charge is -2.26. The Morgan fingerprint density at radius 3 is 2.00 bits per heavy atom. The van der Waals surface area contributed by atoms with Crippen molar-refractivity contribution in [3.63, 3.8) is 0 Å². The van der Waals surface area contributed by atoms with Gasteiger partial charge in [-0.3, -0.25) is 4.90 Å². The summed E-state index contributed by atoms with van der Waals surface area (Å²) in [6, 6.07) is 0.661. The molecule has 0 saturated carbocycles. The summed E-state index contributed by atoms with van der Waals surface area (Å²) in [6.45, 7) is 8.62. The molecule has 3 nitrogen and oxygen atoms in total. The van der Waals surface area contributed by atoms with Crippen LogP contribution in [0.4, 0.5) is 0 Å². The van der Waals surface area contributed by atoms with E-state index in [9.17, 15) is 0 Å². The van der Waals surface area contributed by atoms with Crippen LogP contribution in [0.2, 0.25) is 0 Å². The van der Waals surface area contributed by atoms with Gasteiger partial charge in [-0.05, 0) is 13.3 Å². The number of nitrogens with zero attached hydrogens (tertiary/aromatic N) is 1. The smallest absolute Gasteiger partial charge is 0.0936 e. The first-order valence-electron chi connectivity index (χ1n) is 5.27. The molecule has 0 bridgehead atoms. The lowest BCUT2D eigenvalue weighted by molar-refractivity contribution is 0.169. The third-order valence-electron chi connectivity index (χ3n) is 2.90. The number of ether oxygens (including phenoxy) is 2. The van der Waals surface area contributed by atoms with Gasteiger partial charge in [-0.1, -0.05) is 6.92 Å². The van der Waals surface area contributed by atoms with Gasteiger partial charge in [0.25, 0.3) is 0 Å². The standard InChI is InChI=1S/C10H19NO2/c1-3-8(2)11(4-9-6-12-9)5-10-7-13-10/h8-10H,3-7H2,1-2H3/t8-,9-,10+/m0/s1. The van der Waals surface area contributed by atoms with Crippen molar-refractivity contribution in [2.24, 2.45) is 0 Å². The van der Waals surface area contributed by atoms with Crippen molar-refractivity contribution in [1.29, 1.82) is 0 Å². The molecule has 3 atom stereocenters. The monoisotopic (exact) mass is 185 g/mol. The second-order valence-corrected chi connectivity index (χ2v) is 4.12. The zero-order chi connectivity index (χ0) is 9.26. The Hall–Kier alpha value is -0.120. The topological polar surface area (TPSA) is 28.3 Å². The van der Waals surface area contributed by atoms with Gasteiger partial charge in [-0.15, -0.1) is 0 Å². The predicted molar refractivity (Wildman–Crippen MR) is 50.8 cm³/mol. The van der Waals surface area contributed by atoms with Gasteiger partial charge >= 0.3 is 0 Å². The first-order valence-corrected chi connectivity index (χ1v) is 5.27. The van der Waals surface area contributed by atoms with E-state index in [4.69, 9.17) is 9.47 Å². The second-order valence-electron chi connectivity index (χ2n) is 4.12. The molecule has 3 heteroatoms. The van der Waals surface area contributed by atoms with Gasteiger partial charge in [0.15, 0.2) is 0 Å². The fourth-order valence-electron chi connectivity index (χ4n) is 1.56. The summed E-state index contributed by atoms with van der Waals surface area (Å²) >= 11 is 0. The molecule has 2 rings (SSSR count). The largest absolute Gasteiger partial charge is 0.372 e. The van der Waals surface area contributed by atoms with Crippen LogP contribution < -0.4 is 0 Å². The highest BCUT2D eigenvalue weighted by molar-refractivity contribution is 4.82. The van der Waals surface area contributed by atoms with Crippen LogP contribution in [0, 0.1) is 0 Å². The number of rotatable bonds is 6. The maximum Gasteiger partial charge on any atom is 0.0936 e. The molecule has 0 aromatic carbocycles. The molecular weight excluding hydrogens is 166 g/mol. The van der Waals surface area contributed by atoms with E-state index >= 15 is 0 Å². The van der Waals surface area contributed by atoms with Gasteiger partial charge in [0, 0.05) is 19.1 Å². The Kier molecular flexibility index (Phi) is 2.86. The molecule has 2 aliphatic heterocycles. The molecule has 0 aromatic rings. The highest BCUT2D eigenvalue weighted by atomic mass is 16.6. The number of epoxide rings is 2. The Bertz CT molecular complexity index is 152. The van der Waals surface area contributed by atoms with Crippen molar-refractivity contribution >= 4 is 0 Å². The van der Waals surface area contributed by atoms with E-state index in [-0.39, 0.29) is 0 Å². The molecule has 76 valence electrons. The van der Waals surface area contributed by atoms with E-state index in [1.54, 1.807) is 0 Å². The van der Waals surface area contributed by atoms with E-state index in [1.807, 2.05) is 0 Å². The molecule has 0 amide bonds. The first kappa shape index (κ1) is 9.44. The summed E-state index contributed by atoms with van der Waals surface area (Å²) in [5.74, 6) is 0. The lowest BCUT2D eigenvalue weighted by atomic mass is 10.2. The molecule has 0 unspecified atom stereocenters. The van der Waals surface area contributed by atoms with Crippen LogP contribution >= 0.6 is 0 Å². The molecule has 2 heterocycles. The molecule has 2 aliphatic rings. The van der Waals surface area contributed by atoms with Gasteiger partial charge in [0.1, 0.15) is 0 Å². The van der Waals surface area contributed by atoms with Crippen molar-refractivity contribution in [3.05, 3.63) is 0 Å². The summed E-state index contributed by atoms with van der Waals surface area (Å²) in [5, 5.41) is 0. The Morgan fingerprint density at radius 2 is 1.69 bits per heavy atom. The summed E-state index contributed by atoms with van der Waals surface area (Å²) in [6.07, 6.45) is 2.22. The van der Waals surface area contributed by atoms with Gasteiger partial charge in [-0.2, -0.15) is 0 Å². The third-order valence-corrected chi connectivity index (χ3v) is 2.90. The van der Waals surface area contributed by atoms with Crippen LogP contribution in [0.3, 0.4) is 0 Å². The molecule has 0 radical (unpaired) electrons. The highest BCUT2D eigenvalue weighted by Crippen LogP contribution is 2.18. The van der Waals surface area contributed by atoms with Gasteiger partial charge in [-0.25, -0.2) is 0 Å². The summed E-state index contributed by atoms with van der Waals surface area (Å²) in [4.78, 5) is 2.50. The average Bonchev–Trinajstić information content (AvgIpc) is 2.94. The van der Waals surface area contributed by atoms with E-state index < -0.39 is 0 Å². The van der Waals surface area contributed by atoms with E-state index in [1.165, 1.54) is 6.42 Å². The average molecular weight is 185 g/mol. The van der Waals surface area contributed by atoms with Crippen LogP contribution in [0.25, 0.3) is 0 Å². The second kappa shape index (κ2) is 3.95. The fourth-order valence-corrected chi connectivity index (χ4v) is 1.56. The number of hydrogen-bond donors (Lipinski definition) is 0. The molecule has 0 aliphatic carbocycles. The minimum absolute atomic E-state index is 0.507. The minimum Gasteiger partial charge on any atom is -0.372 e. The van der Waals surface area contributed by atoms with E-state index in [0.717, 1.165) is 26.3 Å². The van der Waals surface area contributed by atoms with Crippen LogP contribution in [0.1, 0.15) is 20.3 Å². The first-order chi connectivity index (χ1) is 6.29. The SMILES string of the molecule is CC[C@H](C)N(C[C@H]1CO1)C[C@@H]1CO1. The molecule has 0 spiro atoms. The minimum atomic E-state index is 0.507. The van der Waals surface area contributed by atoms with E-state index in [0.29, 0.717) is 18.2 Å². The van der Waals surface area contributed by atoms with Crippen molar-refractivity contribution < 1.29 is 9.47 Å². The molecule has 2 fully saturated rings. The molecule has 2 saturated heterocycles. The van der Waals surface area contributed by atoms with Crippen molar-refractivity contribution in [3.8, 4) is 0 Å². The van der Waals surface area contributed by atoms with Gasteiger partial charge in [0.05, 0.1) is 25.4 Å². The normalized spacial score (nSPS) is 33.5. The van der Waals surface area contributed by atoms with Crippen LogP contribution in [0.5, 0.6) is 0 Å². The molecule has 0 aromatic heterocycles. The van der Waals surface area contributed by atoms with Crippen molar-refractivity contribution in [1.82, 2.24) is 4.90 Å². The van der Waals surface area contributed by atoms with E-state index in [2.05, 4.69) is 18.7 Å². The molecule has 0 N–H and O–H groups in total. The summed E-state index contributed by atoms with van der Waals surface area (Å²) < 4.78 is 10.5. The zero-order valence-electron chi connectivity index (χ0n) is 8.53. The van der Waals surface area contributed by atoms with Gasteiger partial charge in [0.2, 0.25) is 0 Å². The van der Waals surface area contributed by atoms with Crippen molar-refractivity contribution in [2.45, 2.75) is 38.5 Å². The zero-order valence-corrected chi connectivity index (χ0v) is 8.53. The third kappa shape index (κ3) is 2.93. The predicted octanol–water partition coefficient (Wildman–Crippen LogP) is 0.884. The Balaban J connectivity index is 1.76. The maximum atomic E-state index is 5.25. The van der Waals surface area contributed by atoms with Crippen molar-refractivity contribution in [2.75, 3.05) is 26.3 Å². The van der Waals surface area contributed by atoms with Crippen LogP contribution in [-0.2, 0) is 9.47 Å². The summed E-state index contributed by atoms with van der Waals surface area (Å²) in [5.41, 5.74) is 0. The molecule has 13 heavy (non-hydrogen) atoms. The summed E-state index contributed by atoms with van der Waals surface area (Å²) in [7, 11) is 0. The maximum absolute atomic E-state index is 5.25. The lowest BCUT2D eigenvalue weighted by Crippen LogP contribution is -2.38. The molecular formula is C10H19NO2. The highest BCUT2D eigenvalue weighted by Gasteiger charge is 2.32. The quantitative estimate of drug-likeness (QED) is 0.575. The fraction of sp³-hybridized carbons (Fsp3) is 1.00. The number of hydrogen-bond acceptors (Lipinski definition) is 3. The van der Waals surface area contributed by atoms with Crippen LogP contribution in [0.15, 0.2) is 0 Å². The van der Waals surface area contributed by atoms with Gasteiger partial charge < -0.3 is 9.47 Å².